The van der Waals surface area contributed by atoms with Gasteiger partial charge in [-0.1, -0.05) is 0 Å². The van der Waals surface area contributed by atoms with Gasteiger partial charge < -0.3 is 10.6 Å². The van der Waals surface area contributed by atoms with Crippen LogP contribution in [0.5, 0.6) is 0 Å². The van der Waals surface area contributed by atoms with Gasteiger partial charge >= 0.3 is 11.7 Å². The van der Waals surface area contributed by atoms with E-state index in [-0.39, 0.29) is 41.1 Å². The molecule has 0 aliphatic rings. The van der Waals surface area contributed by atoms with Crippen molar-refractivity contribution in [2.24, 2.45) is 0 Å². The minimum Gasteiger partial charge on any atom is -0.368 e. The van der Waals surface area contributed by atoms with Gasteiger partial charge in [-0.3, -0.25) is 4.79 Å². The number of rotatable bonds is 6. The van der Waals surface area contributed by atoms with Gasteiger partial charge in [-0.2, -0.15) is 26.3 Å². The third-order valence-corrected chi connectivity index (χ3v) is 3.90. The molecule has 4 nitrogen and oxygen atoms in total. The maximum absolute atomic E-state index is 12.4. The maximum Gasteiger partial charge on any atom is 0.446 e. The largest absolute Gasteiger partial charge is 0.446 e. The van der Waals surface area contributed by atoms with Gasteiger partial charge in [0.05, 0.1) is 5.56 Å². The molecule has 0 unspecified atom stereocenters. The number of alkyl halides is 6. The van der Waals surface area contributed by atoms with E-state index in [1.54, 1.807) is 0 Å². The first-order chi connectivity index (χ1) is 12.5. The Morgan fingerprint density at radius 1 is 0.963 bits per heavy atom. The summed E-state index contributed by atoms with van der Waals surface area (Å²) in [5, 5.41) is 5.28. The number of nitrogens with one attached hydrogen (secondary N) is 2. The highest BCUT2D eigenvalue weighted by atomic mass is 32.2. The lowest BCUT2D eigenvalue weighted by Crippen LogP contribution is -2.28. The predicted octanol–water partition coefficient (Wildman–Crippen LogP) is 4.55. The summed E-state index contributed by atoms with van der Waals surface area (Å²) in [6.45, 7) is 0.340. The Hall–Kier alpha value is -2.43. The third kappa shape index (κ3) is 7.00. The zero-order chi connectivity index (χ0) is 20.1. The molecule has 0 saturated carbocycles. The van der Waals surface area contributed by atoms with E-state index in [9.17, 15) is 31.1 Å². The molecule has 0 saturated heterocycles. The van der Waals surface area contributed by atoms with Crippen LogP contribution in [0.25, 0.3) is 0 Å². The van der Waals surface area contributed by atoms with E-state index in [4.69, 9.17) is 0 Å². The van der Waals surface area contributed by atoms with Crippen LogP contribution in [0.4, 0.5) is 32.2 Å². The van der Waals surface area contributed by atoms with Crippen LogP contribution >= 0.6 is 11.8 Å². The molecule has 146 valence electrons. The Morgan fingerprint density at radius 3 is 2.15 bits per heavy atom. The van der Waals surface area contributed by atoms with Gasteiger partial charge in [-0.15, -0.1) is 0 Å². The molecular formula is C16H13F6N3OS. The number of thioether (sulfide) groups is 1. The number of halogens is 6. The Bertz CT molecular complexity index is 760. The van der Waals surface area contributed by atoms with E-state index in [0.29, 0.717) is 6.20 Å². The summed E-state index contributed by atoms with van der Waals surface area (Å²) in [5.74, 6) is -0.272. The summed E-state index contributed by atoms with van der Waals surface area (Å²) >= 11 is -0.276. The van der Waals surface area contributed by atoms with Crippen LogP contribution in [0, 0.1) is 0 Å². The summed E-state index contributed by atoms with van der Waals surface area (Å²) in [6, 6.07) is 6.98. The molecule has 0 atom stereocenters. The summed E-state index contributed by atoms with van der Waals surface area (Å²) in [7, 11) is 0. The Labute approximate surface area is 154 Å². The van der Waals surface area contributed by atoms with Gasteiger partial charge in [-0.25, -0.2) is 4.98 Å². The molecule has 1 amide bonds. The van der Waals surface area contributed by atoms with Crippen LogP contribution in [0.2, 0.25) is 0 Å². The van der Waals surface area contributed by atoms with Crippen LogP contribution in [0.3, 0.4) is 0 Å². The van der Waals surface area contributed by atoms with Crippen molar-refractivity contribution in [3.05, 3.63) is 53.7 Å². The third-order valence-electron chi connectivity index (χ3n) is 3.16. The van der Waals surface area contributed by atoms with Crippen molar-refractivity contribution in [3.63, 3.8) is 0 Å². The quantitative estimate of drug-likeness (QED) is 0.418. The smallest absolute Gasteiger partial charge is 0.368 e. The second kappa shape index (κ2) is 8.51. The molecule has 0 aliphatic heterocycles. The molecule has 27 heavy (non-hydrogen) atoms. The molecule has 0 fully saturated rings. The Balaban J connectivity index is 1.77. The van der Waals surface area contributed by atoms with E-state index in [2.05, 4.69) is 15.6 Å². The van der Waals surface area contributed by atoms with Crippen molar-refractivity contribution >= 4 is 23.5 Å². The van der Waals surface area contributed by atoms with E-state index in [1.807, 2.05) is 0 Å². The number of aromatic nitrogens is 1. The Kier molecular flexibility index (Phi) is 6.58. The number of hydrogen-bond donors (Lipinski definition) is 2. The van der Waals surface area contributed by atoms with Crippen molar-refractivity contribution in [2.75, 3.05) is 18.4 Å². The van der Waals surface area contributed by atoms with E-state index in [0.717, 1.165) is 6.07 Å². The van der Waals surface area contributed by atoms with E-state index < -0.39 is 23.2 Å². The molecule has 1 aromatic carbocycles. The van der Waals surface area contributed by atoms with Crippen molar-refractivity contribution in [1.29, 1.82) is 0 Å². The predicted molar refractivity (Wildman–Crippen MR) is 88.4 cm³/mol. The van der Waals surface area contributed by atoms with Crippen molar-refractivity contribution < 1.29 is 31.1 Å². The molecule has 0 spiro atoms. The fraction of sp³-hybridized carbons (Fsp3) is 0.250. The SMILES string of the molecule is O=C(NCCNc1ccc(C(F)(F)F)cn1)c1ccc(SC(F)(F)F)cc1. The minimum atomic E-state index is -4.46. The van der Waals surface area contributed by atoms with Gasteiger partial charge in [0, 0.05) is 29.7 Å². The molecular weight excluding hydrogens is 396 g/mol. The number of carbonyl (C=O) groups excluding carboxylic acids is 1. The fourth-order valence-electron chi connectivity index (χ4n) is 1.94. The second-order valence-corrected chi connectivity index (χ2v) is 6.32. The zero-order valence-electron chi connectivity index (χ0n) is 13.5. The minimum absolute atomic E-state index is 0.0332. The second-order valence-electron chi connectivity index (χ2n) is 5.18. The number of nitrogens with zero attached hydrogens (tertiary/aromatic N) is 1. The summed E-state index contributed by atoms with van der Waals surface area (Å²) in [5.41, 5.74) is -5.08. The molecule has 0 bridgehead atoms. The number of amides is 1. The first-order valence-electron chi connectivity index (χ1n) is 7.46. The first kappa shape index (κ1) is 20.9. The highest BCUT2D eigenvalue weighted by Crippen LogP contribution is 2.36. The van der Waals surface area contributed by atoms with Crippen molar-refractivity contribution in [1.82, 2.24) is 10.3 Å². The monoisotopic (exact) mass is 409 g/mol. The molecule has 2 aromatic rings. The van der Waals surface area contributed by atoms with Crippen molar-refractivity contribution in [3.8, 4) is 0 Å². The standard InChI is InChI=1S/C16H13F6N3OS/c17-15(18,19)11-3-6-13(25-9-11)23-7-8-24-14(26)10-1-4-12(5-2-10)27-16(20,21)22/h1-6,9H,7-8H2,(H,23,25)(H,24,26). The molecule has 11 heteroatoms. The lowest BCUT2D eigenvalue weighted by molar-refractivity contribution is -0.137. The molecule has 2 rings (SSSR count). The fourth-order valence-corrected chi connectivity index (χ4v) is 2.48. The van der Waals surface area contributed by atoms with Crippen LogP contribution in [-0.4, -0.2) is 29.5 Å². The average molecular weight is 409 g/mol. The average Bonchev–Trinajstić information content (AvgIpc) is 2.57. The number of carbonyl (C=O) groups is 1. The summed E-state index contributed by atoms with van der Waals surface area (Å²) in [4.78, 5) is 15.5. The summed E-state index contributed by atoms with van der Waals surface area (Å²) in [6.07, 6.45) is -3.77. The lowest BCUT2D eigenvalue weighted by Gasteiger charge is -2.10. The van der Waals surface area contributed by atoms with Gasteiger partial charge in [0.2, 0.25) is 0 Å². The zero-order valence-corrected chi connectivity index (χ0v) is 14.3. The topological polar surface area (TPSA) is 54.0 Å². The lowest BCUT2D eigenvalue weighted by atomic mass is 10.2. The molecule has 2 N–H and O–H groups in total. The number of hydrogen-bond acceptors (Lipinski definition) is 4. The first-order valence-corrected chi connectivity index (χ1v) is 8.27. The van der Waals surface area contributed by atoms with Crippen LogP contribution in [0.1, 0.15) is 15.9 Å². The van der Waals surface area contributed by atoms with Crippen molar-refractivity contribution in [2.45, 2.75) is 16.6 Å². The highest BCUT2D eigenvalue weighted by Gasteiger charge is 2.30. The molecule has 0 aliphatic carbocycles. The van der Waals surface area contributed by atoms with Gasteiger partial charge in [0.15, 0.2) is 0 Å². The van der Waals surface area contributed by atoms with Crippen LogP contribution in [-0.2, 0) is 6.18 Å². The van der Waals surface area contributed by atoms with Gasteiger partial charge in [0.1, 0.15) is 5.82 Å². The maximum atomic E-state index is 12.4. The highest BCUT2D eigenvalue weighted by molar-refractivity contribution is 8.00. The van der Waals surface area contributed by atoms with E-state index in [1.165, 1.54) is 30.3 Å². The number of pyridine rings is 1. The number of anilines is 1. The summed E-state index contributed by atoms with van der Waals surface area (Å²) < 4.78 is 74.0. The van der Waals surface area contributed by atoms with E-state index >= 15 is 0 Å². The van der Waals surface area contributed by atoms with Gasteiger partial charge in [0.25, 0.3) is 5.91 Å². The van der Waals surface area contributed by atoms with Crippen LogP contribution < -0.4 is 10.6 Å². The number of benzene rings is 1. The van der Waals surface area contributed by atoms with Gasteiger partial charge in [-0.05, 0) is 48.2 Å². The molecule has 1 aromatic heterocycles. The Morgan fingerprint density at radius 2 is 1.63 bits per heavy atom. The van der Waals surface area contributed by atoms with Crippen LogP contribution in [0.15, 0.2) is 47.5 Å². The molecule has 0 radical (unpaired) electrons. The normalized spacial score (nSPS) is 11.9. The molecule has 1 heterocycles.